The molecule has 0 N–H and O–H groups in total. The van der Waals surface area contributed by atoms with Crippen LogP contribution in [0, 0.1) is 0 Å². The van der Waals surface area contributed by atoms with E-state index in [0.717, 1.165) is 5.52 Å². The van der Waals surface area contributed by atoms with Crippen LogP contribution in [0.4, 0.5) is 0 Å². The molecular formula is C6H5N3O. The number of nitrogens with zero attached hydrogens (tertiary/aromatic N) is 3. The summed E-state index contributed by atoms with van der Waals surface area (Å²) in [5, 5.41) is 7.53. The first-order chi connectivity index (χ1) is 4.92. The maximum absolute atomic E-state index is 5.05. The van der Waals surface area contributed by atoms with Gasteiger partial charge in [0, 0.05) is 12.3 Å². The van der Waals surface area contributed by atoms with Gasteiger partial charge in [0.2, 0.25) is 5.71 Å². The fourth-order valence-corrected chi connectivity index (χ4v) is 0.798. The molecule has 2 aromatic heterocycles. The van der Waals surface area contributed by atoms with Crippen molar-refractivity contribution >= 4 is 17.4 Å². The lowest BCUT2D eigenvalue weighted by molar-refractivity contribution is 0.585. The van der Waals surface area contributed by atoms with E-state index in [1.165, 1.54) is 4.68 Å². The first kappa shape index (κ1) is 5.22. The Morgan fingerprint density at radius 2 is 2.60 bits per heavy atom. The lowest BCUT2D eigenvalue weighted by atomic mass is 10.6. The normalized spacial score (nSPS) is 10.4. The molecule has 0 aliphatic heterocycles. The molecule has 0 bridgehead atoms. The number of fused-ring (bicyclic) bond motifs is 1. The van der Waals surface area contributed by atoms with Gasteiger partial charge in [0.15, 0.2) is 5.52 Å². The van der Waals surface area contributed by atoms with Crippen molar-refractivity contribution in [2.24, 2.45) is 0 Å². The van der Waals surface area contributed by atoms with Crippen LogP contribution in [-0.2, 0) is 0 Å². The van der Waals surface area contributed by atoms with Crippen LogP contribution in [0.1, 0.15) is 0 Å². The van der Waals surface area contributed by atoms with Crippen LogP contribution in [-0.4, -0.2) is 15.0 Å². The molecule has 0 aliphatic carbocycles. The highest BCUT2D eigenvalue weighted by atomic mass is 16.3. The monoisotopic (exact) mass is 135 g/mol. The predicted octanol–water partition coefficient (Wildman–Crippen LogP) is 1.12. The van der Waals surface area contributed by atoms with Crippen molar-refractivity contribution in [3.8, 4) is 0 Å². The molecule has 0 aliphatic rings. The topological polar surface area (TPSA) is 43.9 Å². The maximum atomic E-state index is 5.05. The third kappa shape index (κ3) is 0.500. The van der Waals surface area contributed by atoms with Gasteiger partial charge in [0.25, 0.3) is 0 Å². The van der Waals surface area contributed by atoms with Crippen molar-refractivity contribution in [1.29, 1.82) is 0 Å². The number of furan rings is 1. The van der Waals surface area contributed by atoms with E-state index in [2.05, 4.69) is 16.9 Å². The number of aromatic nitrogens is 3. The van der Waals surface area contributed by atoms with E-state index >= 15 is 0 Å². The summed E-state index contributed by atoms with van der Waals surface area (Å²) in [6.07, 6.45) is 3.11. The molecule has 2 heterocycles. The first-order valence-electron chi connectivity index (χ1n) is 2.83. The van der Waals surface area contributed by atoms with Gasteiger partial charge in [-0.1, -0.05) is 11.8 Å². The zero-order valence-corrected chi connectivity index (χ0v) is 5.19. The van der Waals surface area contributed by atoms with Gasteiger partial charge < -0.3 is 4.42 Å². The molecule has 0 saturated heterocycles. The maximum Gasteiger partial charge on any atom is 0.249 e. The van der Waals surface area contributed by atoms with Crippen LogP contribution in [0.15, 0.2) is 23.3 Å². The lowest BCUT2D eigenvalue weighted by Gasteiger charge is -1.83. The third-order valence-corrected chi connectivity index (χ3v) is 1.25. The molecule has 0 aromatic carbocycles. The van der Waals surface area contributed by atoms with Crippen LogP contribution >= 0.6 is 0 Å². The largest absolute Gasteiger partial charge is 0.445 e. The van der Waals surface area contributed by atoms with Crippen molar-refractivity contribution in [2.45, 2.75) is 0 Å². The summed E-state index contributed by atoms with van der Waals surface area (Å²) in [6, 6.07) is 1.75. The predicted molar refractivity (Wildman–Crippen MR) is 36.2 cm³/mol. The SMILES string of the molecule is C=Cn1nnc2ccoc21. The Morgan fingerprint density at radius 3 is 3.40 bits per heavy atom. The van der Waals surface area contributed by atoms with Gasteiger partial charge in [-0.2, -0.15) is 4.68 Å². The van der Waals surface area contributed by atoms with Crippen LogP contribution < -0.4 is 0 Å². The third-order valence-electron chi connectivity index (χ3n) is 1.25. The summed E-state index contributed by atoms with van der Waals surface area (Å²) >= 11 is 0. The minimum absolute atomic E-state index is 0.634. The van der Waals surface area contributed by atoms with Crippen molar-refractivity contribution in [3.63, 3.8) is 0 Å². The second kappa shape index (κ2) is 1.70. The Hall–Kier alpha value is -1.58. The van der Waals surface area contributed by atoms with E-state index in [4.69, 9.17) is 4.42 Å². The average molecular weight is 135 g/mol. The molecule has 2 aromatic rings. The Bertz CT molecular complexity index is 360. The molecule has 0 saturated carbocycles. The van der Waals surface area contributed by atoms with Crippen molar-refractivity contribution in [3.05, 3.63) is 18.9 Å². The fraction of sp³-hybridized carbons (Fsp3) is 0. The van der Waals surface area contributed by atoms with Gasteiger partial charge in [0.1, 0.15) is 0 Å². The summed E-state index contributed by atoms with van der Waals surface area (Å²) in [6.45, 7) is 3.53. The van der Waals surface area contributed by atoms with E-state index in [1.807, 2.05) is 0 Å². The quantitative estimate of drug-likeness (QED) is 0.588. The zero-order chi connectivity index (χ0) is 6.97. The van der Waals surface area contributed by atoms with E-state index in [-0.39, 0.29) is 0 Å². The van der Waals surface area contributed by atoms with E-state index in [9.17, 15) is 0 Å². The average Bonchev–Trinajstić information content (AvgIpc) is 2.44. The van der Waals surface area contributed by atoms with E-state index in [0.29, 0.717) is 5.71 Å². The molecule has 4 nitrogen and oxygen atoms in total. The highest BCUT2D eigenvalue weighted by Gasteiger charge is 2.02. The standard InChI is InChI=1S/C6H5N3O/c1-2-9-6-5(7-8-9)3-4-10-6/h2-4H,1H2. The molecule has 0 fully saturated rings. The Balaban J connectivity index is 2.88. The Kier molecular flexibility index (Phi) is 0.887. The molecule has 0 radical (unpaired) electrons. The van der Waals surface area contributed by atoms with Crippen LogP contribution in [0.5, 0.6) is 0 Å². The van der Waals surface area contributed by atoms with Gasteiger partial charge in [-0.05, 0) is 0 Å². The molecule has 4 heteroatoms. The second-order valence-electron chi connectivity index (χ2n) is 1.83. The molecule has 2 rings (SSSR count). The van der Waals surface area contributed by atoms with Crippen molar-refractivity contribution in [2.75, 3.05) is 0 Å². The number of hydrogen-bond donors (Lipinski definition) is 0. The zero-order valence-electron chi connectivity index (χ0n) is 5.19. The second-order valence-corrected chi connectivity index (χ2v) is 1.83. The number of hydrogen-bond acceptors (Lipinski definition) is 3. The molecule has 50 valence electrons. The van der Waals surface area contributed by atoms with Crippen molar-refractivity contribution < 1.29 is 4.42 Å². The molecule has 10 heavy (non-hydrogen) atoms. The highest BCUT2D eigenvalue weighted by Crippen LogP contribution is 2.10. The molecule has 0 amide bonds. The molecule has 0 spiro atoms. The van der Waals surface area contributed by atoms with Gasteiger partial charge in [-0.15, -0.1) is 5.10 Å². The number of rotatable bonds is 1. The van der Waals surface area contributed by atoms with E-state index < -0.39 is 0 Å². The van der Waals surface area contributed by atoms with Crippen LogP contribution in [0.3, 0.4) is 0 Å². The summed E-state index contributed by atoms with van der Waals surface area (Å²) in [4.78, 5) is 0. The summed E-state index contributed by atoms with van der Waals surface area (Å²) in [5.74, 6) is 0. The van der Waals surface area contributed by atoms with Gasteiger partial charge in [0.05, 0.1) is 6.26 Å². The summed E-state index contributed by atoms with van der Waals surface area (Å²) in [7, 11) is 0. The first-order valence-corrected chi connectivity index (χ1v) is 2.83. The minimum atomic E-state index is 0.634. The minimum Gasteiger partial charge on any atom is -0.445 e. The lowest BCUT2D eigenvalue weighted by Crippen LogP contribution is -1.85. The Morgan fingerprint density at radius 1 is 1.70 bits per heavy atom. The Labute approximate surface area is 56.7 Å². The van der Waals surface area contributed by atoms with E-state index in [1.54, 1.807) is 18.5 Å². The van der Waals surface area contributed by atoms with Gasteiger partial charge >= 0.3 is 0 Å². The van der Waals surface area contributed by atoms with Crippen LogP contribution in [0.25, 0.3) is 17.4 Å². The summed E-state index contributed by atoms with van der Waals surface area (Å²) in [5.41, 5.74) is 1.38. The summed E-state index contributed by atoms with van der Waals surface area (Å²) < 4.78 is 6.53. The fourth-order valence-electron chi connectivity index (χ4n) is 0.798. The smallest absolute Gasteiger partial charge is 0.249 e. The highest BCUT2D eigenvalue weighted by molar-refractivity contribution is 5.69. The van der Waals surface area contributed by atoms with Gasteiger partial charge in [-0.3, -0.25) is 0 Å². The molecular weight excluding hydrogens is 130 g/mol. The molecule has 0 unspecified atom stereocenters. The van der Waals surface area contributed by atoms with Gasteiger partial charge in [-0.25, -0.2) is 0 Å². The molecule has 0 atom stereocenters. The van der Waals surface area contributed by atoms with Crippen molar-refractivity contribution in [1.82, 2.24) is 15.0 Å². The van der Waals surface area contributed by atoms with Crippen LogP contribution in [0.2, 0.25) is 0 Å².